The standard InChI is InChI=1S/C12H19N3O5/c1-2-7(17)6-4-15(12(19)14-11(6)13)10-3-8(18)9(5-16)20-10/h4,7-10,16-18H,2-3,5H2,1H3,(H2,13,14,19)/t7?,8-,9+,10+/m0/s1. The zero-order valence-electron chi connectivity index (χ0n) is 11.1. The molecule has 20 heavy (non-hydrogen) atoms. The molecule has 0 bridgehead atoms. The van der Waals surface area contributed by atoms with Crippen LogP contribution in [0.3, 0.4) is 0 Å². The highest BCUT2D eigenvalue weighted by Crippen LogP contribution is 2.29. The van der Waals surface area contributed by atoms with Crippen molar-refractivity contribution in [3.05, 3.63) is 22.2 Å². The fourth-order valence-electron chi connectivity index (χ4n) is 2.23. The summed E-state index contributed by atoms with van der Waals surface area (Å²) >= 11 is 0. The maximum absolute atomic E-state index is 11.9. The first-order valence-electron chi connectivity index (χ1n) is 6.48. The number of aliphatic hydroxyl groups excluding tert-OH is 3. The Hall–Kier alpha value is -1.48. The predicted molar refractivity (Wildman–Crippen MR) is 69.8 cm³/mol. The Balaban J connectivity index is 2.35. The molecule has 5 N–H and O–H groups in total. The summed E-state index contributed by atoms with van der Waals surface area (Å²) < 4.78 is 6.58. The third-order valence-electron chi connectivity index (χ3n) is 3.45. The number of rotatable bonds is 4. The quantitative estimate of drug-likeness (QED) is 0.552. The molecule has 1 fully saturated rings. The minimum atomic E-state index is -0.853. The van der Waals surface area contributed by atoms with Gasteiger partial charge in [0.15, 0.2) is 0 Å². The Morgan fingerprint density at radius 2 is 2.35 bits per heavy atom. The predicted octanol–water partition coefficient (Wildman–Crippen LogP) is -1.09. The van der Waals surface area contributed by atoms with Gasteiger partial charge in [0.2, 0.25) is 0 Å². The molecule has 0 amide bonds. The molecule has 112 valence electrons. The van der Waals surface area contributed by atoms with Crippen molar-refractivity contribution in [3.8, 4) is 0 Å². The van der Waals surface area contributed by atoms with Gasteiger partial charge in [-0.1, -0.05) is 6.92 Å². The number of nitrogen functional groups attached to an aromatic ring is 1. The minimum absolute atomic E-state index is 0.0159. The Morgan fingerprint density at radius 1 is 1.65 bits per heavy atom. The van der Waals surface area contributed by atoms with Crippen LogP contribution in [0.4, 0.5) is 5.82 Å². The normalized spacial score (nSPS) is 27.7. The van der Waals surface area contributed by atoms with E-state index in [1.165, 1.54) is 10.8 Å². The third-order valence-corrected chi connectivity index (χ3v) is 3.45. The van der Waals surface area contributed by atoms with Gasteiger partial charge in [-0.05, 0) is 6.42 Å². The summed E-state index contributed by atoms with van der Waals surface area (Å²) in [5.41, 5.74) is 5.36. The number of aliphatic hydroxyl groups is 3. The van der Waals surface area contributed by atoms with Gasteiger partial charge < -0.3 is 25.8 Å². The highest BCUT2D eigenvalue weighted by Gasteiger charge is 2.35. The molecule has 0 spiro atoms. The Bertz CT molecular complexity index is 532. The number of aromatic nitrogens is 2. The van der Waals surface area contributed by atoms with Crippen LogP contribution in [0.1, 0.15) is 37.7 Å². The number of hydrogen-bond donors (Lipinski definition) is 4. The second-order valence-corrected chi connectivity index (χ2v) is 4.81. The summed E-state index contributed by atoms with van der Waals surface area (Å²) in [6.45, 7) is 1.44. The molecule has 2 rings (SSSR count). The fourth-order valence-corrected chi connectivity index (χ4v) is 2.23. The van der Waals surface area contributed by atoms with Crippen LogP contribution in [0.15, 0.2) is 11.0 Å². The van der Waals surface area contributed by atoms with E-state index in [1.54, 1.807) is 6.92 Å². The van der Waals surface area contributed by atoms with E-state index in [0.29, 0.717) is 12.0 Å². The Morgan fingerprint density at radius 3 is 2.90 bits per heavy atom. The van der Waals surface area contributed by atoms with Gasteiger partial charge in [0.25, 0.3) is 0 Å². The summed E-state index contributed by atoms with van der Waals surface area (Å²) in [6.07, 6.45) is -1.15. The SMILES string of the molecule is CCC(O)c1cn([C@H]2C[C@H](O)[C@@H](CO)O2)c(=O)nc1N. The van der Waals surface area contributed by atoms with Crippen LogP contribution in [-0.4, -0.2) is 43.7 Å². The molecule has 0 aromatic carbocycles. The smallest absolute Gasteiger partial charge is 0.351 e. The number of hydrogen-bond acceptors (Lipinski definition) is 7. The fraction of sp³-hybridized carbons (Fsp3) is 0.667. The van der Waals surface area contributed by atoms with E-state index in [2.05, 4.69) is 4.98 Å². The summed E-state index contributed by atoms with van der Waals surface area (Å²) in [5, 5.41) is 28.6. The Kier molecular flexibility index (Phi) is 4.39. The van der Waals surface area contributed by atoms with E-state index in [0.717, 1.165) is 0 Å². The molecule has 0 radical (unpaired) electrons. The van der Waals surface area contributed by atoms with Gasteiger partial charge in [0.05, 0.1) is 18.8 Å². The van der Waals surface area contributed by atoms with Gasteiger partial charge >= 0.3 is 5.69 Å². The van der Waals surface area contributed by atoms with E-state index >= 15 is 0 Å². The zero-order valence-corrected chi connectivity index (χ0v) is 11.1. The summed E-state index contributed by atoms with van der Waals surface area (Å²) in [7, 11) is 0. The first kappa shape index (κ1) is 14.9. The first-order chi connectivity index (χ1) is 9.47. The van der Waals surface area contributed by atoms with E-state index in [9.17, 15) is 15.0 Å². The van der Waals surface area contributed by atoms with Gasteiger partial charge in [0, 0.05) is 18.2 Å². The highest BCUT2D eigenvalue weighted by molar-refractivity contribution is 5.38. The van der Waals surface area contributed by atoms with Crippen molar-refractivity contribution in [2.75, 3.05) is 12.3 Å². The second-order valence-electron chi connectivity index (χ2n) is 4.81. The third kappa shape index (κ3) is 2.68. The van der Waals surface area contributed by atoms with Crippen molar-refractivity contribution in [1.29, 1.82) is 0 Å². The lowest BCUT2D eigenvalue weighted by molar-refractivity contribution is -0.0460. The van der Waals surface area contributed by atoms with Crippen molar-refractivity contribution in [2.24, 2.45) is 0 Å². The second kappa shape index (κ2) is 5.88. The summed E-state index contributed by atoms with van der Waals surface area (Å²) in [4.78, 5) is 15.5. The number of nitrogens with two attached hydrogens (primary N) is 1. The minimum Gasteiger partial charge on any atom is -0.394 e. The van der Waals surface area contributed by atoms with Gasteiger partial charge in [-0.15, -0.1) is 0 Å². The lowest BCUT2D eigenvalue weighted by Gasteiger charge is -2.17. The molecule has 8 heteroatoms. The van der Waals surface area contributed by atoms with Gasteiger partial charge in [-0.25, -0.2) is 4.79 Å². The average Bonchev–Trinajstić information content (AvgIpc) is 2.79. The van der Waals surface area contributed by atoms with Crippen LogP contribution in [0.25, 0.3) is 0 Å². The van der Waals surface area contributed by atoms with Crippen molar-refractivity contribution < 1.29 is 20.1 Å². The molecular weight excluding hydrogens is 266 g/mol. The first-order valence-corrected chi connectivity index (χ1v) is 6.48. The molecule has 1 aromatic rings. The van der Waals surface area contributed by atoms with Crippen LogP contribution in [0, 0.1) is 0 Å². The number of ether oxygens (including phenoxy) is 1. The monoisotopic (exact) mass is 285 g/mol. The maximum Gasteiger partial charge on any atom is 0.351 e. The lowest BCUT2D eigenvalue weighted by atomic mass is 10.1. The van der Waals surface area contributed by atoms with Crippen LogP contribution < -0.4 is 11.4 Å². The Labute approximate surface area is 115 Å². The molecule has 1 aliphatic heterocycles. The molecule has 1 unspecified atom stereocenters. The number of anilines is 1. The lowest BCUT2D eigenvalue weighted by Crippen LogP contribution is -2.29. The van der Waals surface area contributed by atoms with E-state index in [-0.39, 0.29) is 18.8 Å². The molecule has 1 aromatic heterocycles. The van der Waals surface area contributed by atoms with Crippen LogP contribution in [0.2, 0.25) is 0 Å². The van der Waals surface area contributed by atoms with Crippen LogP contribution in [-0.2, 0) is 4.74 Å². The molecule has 1 aliphatic rings. The molecular formula is C12H19N3O5. The maximum atomic E-state index is 11.9. The highest BCUT2D eigenvalue weighted by atomic mass is 16.5. The van der Waals surface area contributed by atoms with Gasteiger partial charge in [-0.2, -0.15) is 4.98 Å². The molecule has 4 atom stereocenters. The largest absolute Gasteiger partial charge is 0.394 e. The van der Waals surface area contributed by atoms with Gasteiger partial charge in [0.1, 0.15) is 18.1 Å². The summed E-state index contributed by atoms with van der Waals surface area (Å²) in [6, 6.07) is 0. The topological polar surface area (TPSA) is 131 Å². The van der Waals surface area contributed by atoms with Crippen LogP contribution in [0.5, 0.6) is 0 Å². The zero-order chi connectivity index (χ0) is 14.9. The van der Waals surface area contributed by atoms with Crippen molar-refractivity contribution >= 4 is 5.82 Å². The van der Waals surface area contributed by atoms with Gasteiger partial charge in [-0.3, -0.25) is 4.57 Å². The molecule has 0 aliphatic carbocycles. The van der Waals surface area contributed by atoms with Crippen molar-refractivity contribution in [3.63, 3.8) is 0 Å². The van der Waals surface area contributed by atoms with E-state index < -0.39 is 30.2 Å². The molecule has 8 nitrogen and oxygen atoms in total. The van der Waals surface area contributed by atoms with Crippen LogP contribution >= 0.6 is 0 Å². The molecule has 2 heterocycles. The average molecular weight is 285 g/mol. The van der Waals surface area contributed by atoms with E-state index in [1.807, 2.05) is 0 Å². The van der Waals surface area contributed by atoms with Crippen molar-refractivity contribution in [1.82, 2.24) is 9.55 Å². The molecule has 0 saturated carbocycles. The van der Waals surface area contributed by atoms with Crippen molar-refractivity contribution in [2.45, 2.75) is 44.3 Å². The van der Waals surface area contributed by atoms with E-state index in [4.69, 9.17) is 15.6 Å². The summed E-state index contributed by atoms with van der Waals surface area (Å²) in [5.74, 6) is -0.0159. The number of nitrogens with zero attached hydrogens (tertiary/aromatic N) is 2. The molecule has 1 saturated heterocycles.